The lowest BCUT2D eigenvalue weighted by Crippen LogP contribution is -2.57. The highest BCUT2D eigenvalue weighted by Crippen LogP contribution is 2.44. The summed E-state index contributed by atoms with van der Waals surface area (Å²) in [7, 11) is 0. The van der Waals surface area contributed by atoms with Crippen LogP contribution in [0.4, 0.5) is 0 Å². The van der Waals surface area contributed by atoms with E-state index in [1.165, 1.54) is 68.7 Å². The number of rotatable bonds is 7. The molecule has 3 aromatic rings. The average molecular weight is 521 g/mol. The summed E-state index contributed by atoms with van der Waals surface area (Å²) in [6, 6.07) is 9.84. The number of hydrogen-bond acceptors (Lipinski definition) is 5. The molecular formula is C31H44N4OS. The number of aromatic nitrogens is 1. The van der Waals surface area contributed by atoms with Crippen molar-refractivity contribution in [1.29, 1.82) is 0 Å². The number of fused-ring (bicyclic) bond motifs is 4. The molecule has 6 heteroatoms. The van der Waals surface area contributed by atoms with Crippen molar-refractivity contribution >= 4 is 21.6 Å². The number of thiophene rings is 1. The monoisotopic (exact) mass is 520 g/mol. The molecule has 7 rings (SSSR count). The van der Waals surface area contributed by atoms with Crippen molar-refractivity contribution in [2.75, 3.05) is 39.3 Å². The van der Waals surface area contributed by atoms with E-state index in [0.717, 1.165) is 51.6 Å². The Morgan fingerprint density at radius 2 is 1.73 bits per heavy atom. The van der Waals surface area contributed by atoms with Crippen molar-refractivity contribution in [3.05, 3.63) is 45.8 Å². The van der Waals surface area contributed by atoms with Gasteiger partial charge in [0, 0.05) is 61.0 Å². The van der Waals surface area contributed by atoms with Crippen LogP contribution in [0.15, 0.2) is 24.3 Å². The number of nitrogens with one attached hydrogen (secondary N) is 2. The number of nitrogens with zero attached hydrogens (tertiary/aromatic N) is 2. The molecule has 37 heavy (non-hydrogen) atoms. The van der Waals surface area contributed by atoms with Crippen LogP contribution in [0.2, 0.25) is 0 Å². The van der Waals surface area contributed by atoms with Crippen LogP contribution in [0.25, 0.3) is 21.5 Å². The highest BCUT2D eigenvalue weighted by atomic mass is 32.1. The predicted octanol–water partition coefficient (Wildman–Crippen LogP) is 5.43. The first-order valence-corrected chi connectivity index (χ1v) is 15.2. The van der Waals surface area contributed by atoms with E-state index in [4.69, 9.17) is 0 Å². The zero-order valence-corrected chi connectivity index (χ0v) is 23.9. The molecule has 0 amide bonds. The van der Waals surface area contributed by atoms with Gasteiger partial charge in [0.1, 0.15) is 11.1 Å². The van der Waals surface area contributed by atoms with Gasteiger partial charge in [-0.05, 0) is 81.2 Å². The van der Waals surface area contributed by atoms with Crippen molar-refractivity contribution in [2.45, 2.75) is 77.5 Å². The maximum absolute atomic E-state index is 11.7. The quantitative estimate of drug-likeness (QED) is 0.389. The molecule has 3 N–H and O–H groups in total. The lowest BCUT2D eigenvalue weighted by Gasteiger charge is -2.50. The van der Waals surface area contributed by atoms with Crippen LogP contribution < -0.4 is 5.32 Å². The van der Waals surface area contributed by atoms with Gasteiger partial charge in [0.2, 0.25) is 0 Å². The minimum atomic E-state index is -0.438. The standard InChI is InChI=1S/C31H44N4OS/c1-20-15-21(2)17-23(16-20)28-25(9-12-34-13-10-32-11-14-34)26-18-27(37-29(26)33-28)31(3,4)30(36)35-19-22-5-7-24(35)8-6-22/h15-18,22,24,30,32-33,36H,5-14,19H2,1-4H3. The first kappa shape index (κ1) is 25.6. The molecule has 5 heterocycles. The van der Waals surface area contributed by atoms with Crippen LogP contribution in [0, 0.1) is 19.8 Å². The van der Waals surface area contributed by atoms with Crippen LogP contribution in [-0.4, -0.2) is 71.4 Å². The molecule has 0 spiro atoms. The number of aliphatic hydroxyl groups excluding tert-OH is 1. The third kappa shape index (κ3) is 4.92. The van der Waals surface area contributed by atoms with Gasteiger partial charge in [0.25, 0.3) is 0 Å². The Kier molecular flexibility index (Phi) is 7.00. The fourth-order valence-corrected chi connectivity index (χ4v) is 8.34. The van der Waals surface area contributed by atoms with E-state index in [2.05, 4.69) is 72.1 Å². The molecular weight excluding hydrogens is 476 g/mol. The van der Waals surface area contributed by atoms with E-state index in [0.29, 0.717) is 6.04 Å². The van der Waals surface area contributed by atoms with Crippen LogP contribution >= 0.6 is 11.3 Å². The summed E-state index contributed by atoms with van der Waals surface area (Å²) >= 11 is 1.85. The molecule has 3 aliphatic heterocycles. The molecule has 4 aliphatic rings. The fraction of sp³-hybridized carbons (Fsp3) is 0.613. The number of H-pyrrole nitrogens is 1. The van der Waals surface area contributed by atoms with Gasteiger partial charge in [-0.15, -0.1) is 11.3 Å². The third-order valence-corrected chi connectivity index (χ3v) is 10.7. The molecule has 2 bridgehead atoms. The Morgan fingerprint density at radius 3 is 2.38 bits per heavy atom. The second kappa shape index (κ2) is 10.1. The second-order valence-electron chi connectivity index (χ2n) is 12.5. The number of piperidine rings is 2. The largest absolute Gasteiger partial charge is 0.377 e. The van der Waals surface area contributed by atoms with Crippen molar-refractivity contribution in [1.82, 2.24) is 20.1 Å². The van der Waals surface area contributed by atoms with Gasteiger partial charge in [-0.2, -0.15) is 0 Å². The SMILES string of the molecule is Cc1cc(C)cc(-c2[nH]c3sc(C(C)(C)C(O)N4CC5CCC4CC5)cc3c2CCN2CCNCC2)c1. The first-order chi connectivity index (χ1) is 17.8. The van der Waals surface area contributed by atoms with Crippen LogP contribution in [0.1, 0.15) is 61.1 Å². The van der Waals surface area contributed by atoms with Crippen molar-refractivity contribution in [2.24, 2.45) is 5.92 Å². The van der Waals surface area contributed by atoms with E-state index in [1.54, 1.807) is 0 Å². The normalized spacial score (nSPS) is 24.2. The van der Waals surface area contributed by atoms with Gasteiger partial charge in [-0.3, -0.25) is 4.90 Å². The molecule has 5 nitrogen and oxygen atoms in total. The summed E-state index contributed by atoms with van der Waals surface area (Å²) in [4.78, 5) is 11.4. The summed E-state index contributed by atoms with van der Waals surface area (Å²) < 4.78 is 0. The molecule has 1 unspecified atom stereocenters. The second-order valence-corrected chi connectivity index (χ2v) is 13.6. The number of aromatic amines is 1. The molecule has 200 valence electrons. The minimum absolute atomic E-state index is 0.308. The first-order valence-electron chi connectivity index (χ1n) is 14.4. The highest BCUT2D eigenvalue weighted by molar-refractivity contribution is 7.18. The lowest BCUT2D eigenvalue weighted by atomic mass is 9.77. The predicted molar refractivity (Wildman–Crippen MR) is 156 cm³/mol. The van der Waals surface area contributed by atoms with Crippen LogP contribution in [-0.2, 0) is 11.8 Å². The summed E-state index contributed by atoms with van der Waals surface area (Å²) in [5.74, 6) is 0.769. The molecule has 0 radical (unpaired) electrons. The Morgan fingerprint density at radius 1 is 1.03 bits per heavy atom. The third-order valence-electron chi connectivity index (χ3n) is 9.34. The lowest BCUT2D eigenvalue weighted by molar-refractivity contribution is -0.110. The molecule has 1 aliphatic carbocycles. The zero-order valence-electron chi connectivity index (χ0n) is 23.1. The smallest absolute Gasteiger partial charge is 0.117 e. The van der Waals surface area contributed by atoms with Gasteiger partial charge < -0.3 is 20.3 Å². The van der Waals surface area contributed by atoms with E-state index in [9.17, 15) is 5.11 Å². The Hall–Kier alpha value is -1.70. The Labute approximate surface area is 226 Å². The van der Waals surface area contributed by atoms with E-state index in [1.807, 2.05) is 11.3 Å². The Bertz CT molecular complexity index is 1230. The fourth-order valence-electron chi connectivity index (χ4n) is 7.13. The maximum Gasteiger partial charge on any atom is 0.117 e. The van der Waals surface area contributed by atoms with Gasteiger partial charge in [0.05, 0.1) is 5.69 Å². The van der Waals surface area contributed by atoms with E-state index < -0.39 is 6.23 Å². The molecule has 2 aromatic heterocycles. The number of hydrogen-bond donors (Lipinski definition) is 3. The summed E-state index contributed by atoms with van der Waals surface area (Å²) in [6.07, 6.45) is 5.78. The summed E-state index contributed by atoms with van der Waals surface area (Å²) in [5.41, 5.74) is 6.31. The maximum atomic E-state index is 11.7. The zero-order chi connectivity index (χ0) is 25.7. The number of benzene rings is 1. The summed E-state index contributed by atoms with van der Waals surface area (Å²) in [6.45, 7) is 15.4. The van der Waals surface area contributed by atoms with Gasteiger partial charge in [-0.25, -0.2) is 0 Å². The average Bonchev–Trinajstić information content (AvgIpc) is 3.47. The highest BCUT2D eigenvalue weighted by Gasteiger charge is 2.43. The number of piperazine rings is 1. The molecule has 4 fully saturated rings. The van der Waals surface area contributed by atoms with Crippen molar-refractivity contribution in [3.63, 3.8) is 0 Å². The van der Waals surface area contributed by atoms with Crippen LogP contribution in [0.5, 0.6) is 0 Å². The topological polar surface area (TPSA) is 54.5 Å². The van der Waals surface area contributed by atoms with Gasteiger partial charge in [0.15, 0.2) is 0 Å². The number of aryl methyl sites for hydroxylation is 2. The Balaban J connectivity index is 1.34. The molecule has 1 atom stereocenters. The molecule has 3 saturated heterocycles. The summed E-state index contributed by atoms with van der Waals surface area (Å²) in [5, 5.41) is 16.5. The minimum Gasteiger partial charge on any atom is -0.377 e. The van der Waals surface area contributed by atoms with Gasteiger partial charge in [-0.1, -0.05) is 31.0 Å². The van der Waals surface area contributed by atoms with E-state index in [-0.39, 0.29) is 5.41 Å². The van der Waals surface area contributed by atoms with Crippen LogP contribution in [0.3, 0.4) is 0 Å². The molecule has 1 aromatic carbocycles. The van der Waals surface area contributed by atoms with E-state index >= 15 is 0 Å². The van der Waals surface area contributed by atoms with Gasteiger partial charge >= 0.3 is 0 Å². The number of aliphatic hydroxyl groups is 1. The van der Waals surface area contributed by atoms with Crippen molar-refractivity contribution < 1.29 is 5.11 Å². The van der Waals surface area contributed by atoms with Crippen molar-refractivity contribution in [3.8, 4) is 11.3 Å². The molecule has 1 saturated carbocycles.